The fraction of sp³-hybridized carbons (Fsp3) is 0.222. The van der Waals surface area contributed by atoms with Crippen molar-refractivity contribution >= 4 is 21.6 Å². The fourth-order valence-electron chi connectivity index (χ4n) is 3.08. The quantitative estimate of drug-likeness (QED) is 0.553. The molecule has 0 bridgehead atoms. The molecule has 8 heteroatoms. The van der Waals surface area contributed by atoms with Crippen molar-refractivity contribution < 1.29 is 4.39 Å². The number of nitrogens with zero attached hydrogens (tertiary/aromatic N) is 5. The van der Waals surface area contributed by atoms with E-state index in [2.05, 4.69) is 15.1 Å². The second-order valence-electron chi connectivity index (χ2n) is 6.14. The molecule has 3 heterocycles. The smallest absolute Gasteiger partial charge is 0.263 e. The maximum atomic E-state index is 13.3. The first-order valence-corrected chi connectivity index (χ1v) is 8.95. The van der Waals surface area contributed by atoms with Crippen LogP contribution in [0.3, 0.4) is 0 Å². The highest BCUT2D eigenvalue weighted by Gasteiger charge is 2.19. The summed E-state index contributed by atoms with van der Waals surface area (Å²) in [5.74, 6) is -0.303. The van der Waals surface area contributed by atoms with Crippen molar-refractivity contribution in [2.24, 2.45) is 0 Å². The summed E-state index contributed by atoms with van der Waals surface area (Å²) in [5, 5.41) is 4.66. The third-order valence-electron chi connectivity index (χ3n) is 4.34. The van der Waals surface area contributed by atoms with Crippen molar-refractivity contribution in [2.45, 2.75) is 26.4 Å². The number of hydrogen-bond acceptors (Lipinski definition) is 5. The molecule has 0 radical (unpaired) electrons. The predicted molar refractivity (Wildman–Crippen MR) is 98.7 cm³/mol. The maximum Gasteiger partial charge on any atom is 0.263 e. The lowest BCUT2D eigenvalue weighted by molar-refractivity contribution is 0.425. The minimum atomic E-state index is -0.303. The molecule has 6 nitrogen and oxygen atoms in total. The van der Waals surface area contributed by atoms with Gasteiger partial charge in [-0.2, -0.15) is 5.10 Å². The summed E-state index contributed by atoms with van der Waals surface area (Å²) in [7, 11) is 0. The number of hydrogen-bond donors (Lipinski definition) is 0. The lowest BCUT2D eigenvalue weighted by Crippen LogP contribution is -2.26. The molecule has 3 aromatic heterocycles. The Kier molecular flexibility index (Phi) is 4.12. The van der Waals surface area contributed by atoms with E-state index in [1.165, 1.54) is 29.8 Å². The number of aryl methyl sites for hydroxylation is 1. The Morgan fingerprint density at radius 3 is 2.69 bits per heavy atom. The van der Waals surface area contributed by atoms with Gasteiger partial charge in [-0.1, -0.05) is 12.1 Å². The van der Waals surface area contributed by atoms with E-state index < -0.39 is 0 Å². The molecule has 4 aromatic rings. The average Bonchev–Trinajstić information content (AvgIpc) is 3.23. The molecule has 0 N–H and O–H groups in total. The zero-order chi connectivity index (χ0) is 18.3. The van der Waals surface area contributed by atoms with Gasteiger partial charge in [0.2, 0.25) is 0 Å². The molecule has 0 aliphatic heterocycles. The number of aromatic nitrogens is 5. The molecule has 26 heavy (non-hydrogen) atoms. The molecule has 0 saturated carbocycles. The monoisotopic (exact) mass is 369 g/mol. The topological polar surface area (TPSA) is 65.6 Å². The summed E-state index contributed by atoms with van der Waals surface area (Å²) < 4.78 is 16.6. The molecule has 0 aliphatic carbocycles. The number of rotatable bonds is 4. The van der Waals surface area contributed by atoms with Crippen LogP contribution in [0.5, 0.6) is 0 Å². The van der Waals surface area contributed by atoms with E-state index in [9.17, 15) is 9.18 Å². The zero-order valence-electron chi connectivity index (χ0n) is 14.3. The van der Waals surface area contributed by atoms with Crippen molar-refractivity contribution in [3.8, 4) is 11.1 Å². The molecule has 0 saturated heterocycles. The molecule has 0 unspecified atom stereocenters. The van der Waals surface area contributed by atoms with Gasteiger partial charge >= 0.3 is 0 Å². The largest absolute Gasteiger partial charge is 0.294 e. The van der Waals surface area contributed by atoms with Crippen LogP contribution in [0.1, 0.15) is 17.8 Å². The Bertz CT molecular complexity index is 1120. The summed E-state index contributed by atoms with van der Waals surface area (Å²) in [6.07, 6.45) is 4.66. The van der Waals surface area contributed by atoms with Gasteiger partial charge in [0.15, 0.2) is 0 Å². The van der Waals surface area contributed by atoms with Crippen molar-refractivity contribution in [2.75, 3.05) is 0 Å². The molecule has 0 spiro atoms. The minimum Gasteiger partial charge on any atom is -0.294 e. The molecule has 0 fully saturated rings. The van der Waals surface area contributed by atoms with Gasteiger partial charge in [-0.3, -0.25) is 14.0 Å². The molecular formula is C18H16FN5OS. The van der Waals surface area contributed by atoms with E-state index in [1.807, 2.05) is 13.8 Å². The molecule has 1 aromatic carbocycles. The van der Waals surface area contributed by atoms with Gasteiger partial charge in [0.1, 0.15) is 23.3 Å². The van der Waals surface area contributed by atoms with Crippen LogP contribution in [0.4, 0.5) is 4.39 Å². The van der Waals surface area contributed by atoms with E-state index in [0.29, 0.717) is 16.8 Å². The highest BCUT2D eigenvalue weighted by molar-refractivity contribution is 7.19. The van der Waals surface area contributed by atoms with Crippen molar-refractivity contribution in [3.63, 3.8) is 0 Å². The van der Waals surface area contributed by atoms with Crippen LogP contribution in [-0.4, -0.2) is 24.3 Å². The number of fused-ring (bicyclic) bond motifs is 1. The molecule has 132 valence electrons. The van der Waals surface area contributed by atoms with Crippen LogP contribution < -0.4 is 5.56 Å². The lowest BCUT2D eigenvalue weighted by Gasteiger charge is -2.14. The van der Waals surface area contributed by atoms with Gasteiger partial charge in [0.25, 0.3) is 5.56 Å². The van der Waals surface area contributed by atoms with Crippen LogP contribution in [0.15, 0.2) is 48.0 Å². The summed E-state index contributed by atoms with van der Waals surface area (Å²) >= 11 is 1.47. The third-order valence-corrected chi connectivity index (χ3v) is 5.35. The molecule has 0 aliphatic rings. The Balaban J connectivity index is 1.85. The van der Waals surface area contributed by atoms with Crippen molar-refractivity contribution in [3.05, 3.63) is 64.3 Å². The van der Waals surface area contributed by atoms with E-state index in [0.717, 1.165) is 16.0 Å². The Morgan fingerprint density at radius 2 is 2.00 bits per heavy atom. The van der Waals surface area contributed by atoms with Crippen LogP contribution in [-0.2, 0) is 6.54 Å². The highest BCUT2D eigenvalue weighted by Crippen LogP contribution is 2.35. The zero-order valence-corrected chi connectivity index (χ0v) is 15.1. The minimum absolute atomic E-state index is 0.105. The molecular weight excluding hydrogens is 353 g/mol. The van der Waals surface area contributed by atoms with E-state index in [-0.39, 0.29) is 17.4 Å². The van der Waals surface area contributed by atoms with Gasteiger partial charge in [0.05, 0.1) is 24.3 Å². The number of thiophene rings is 1. The van der Waals surface area contributed by atoms with E-state index in [4.69, 9.17) is 0 Å². The van der Waals surface area contributed by atoms with E-state index in [1.54, 1.807) is 34.0 Å². The van der Waals surface area contributed by atoms with Gasteiger partial charge in [-0.05, 0) is 31.5 Å². The summed E-state index contributed by atoms with van der Waals surface area (Å²) in [6.45, 7) is 4.41. The van der Waals surface area contributed by atoms with Crippen LogP contribution in [0, 0.1) is 12.7 Å². The third kappa shape index (κ3) is 2.82. The predicted octanol–water partition coefficient (Wildman–Crippen LogP) is 3.43. The van der Waals surface area contributed by atoms with E-state index >= 15 is 0 Å². The summed E-state index contributed by atoms with van der Waals surface area (Å²) in [5.41, 5.74) is 1.53. The fourth-order valence-corrected chi connectivity index (χ4v) is 4.08. The highest BCUT2D eigenvalue weighted by atomic mass is 32.1. The lowest BCUT2D eigenvalue weighted by atomic mass is 10.0. The second kappa shape index (κ2) is 6.45. The first-order chi connectivity index (χ1) is 12.5. The van der Waals surface area contributed by atoms with Gasteiger partial charge in [-0.15, -0.1) is 11.3 Å². The Labute approximate surface area is 152 Å². The van der Waals surface area contributed by atoms with Crippen LogP contribution in [0.2, 0.25) is 0 Å². The number of benzene rings is 1. The summed E-state index contributed by atoms with van der Waals surface area (Å²) in [6, 6.07) is 6.06. The molecule has 1 atom stereocenters. The second-order valence-corrected chi connectivity index (χ2v) is 7.35. The van der Waals surface area contributed by atoms with Crippen LogP contribution in [0.25, 0.3) is 21.3 Å². The first kappa shape index (κ1) is 16.6. The molecule has 4 rings (SSSR count). The normalized spacial score (nSPS) is 12.6. The Hall–Kier alpha value is -2.87. The van der Waals surface area contributed by atoms with Gasteiger partial charge < -0.3 is 0 Å². The number of halogens is 1. The van der Waals surface area contributed by atoms with Crippen LogP contribution >= 0.6 is 11.3 Å². The average molecular weight is 369 g/mol. The maximum absolute atomic E-state index is 13.3. The van der Waals surface area contributed by atoms with Crippen molar-refractivity contribution in [1.82, 2.24) is 24.3 Å². The summed E-state index contributed by atoms with van der Waals surface area (Å²) in [4.78, 5) is 23.3. The van der Waals surface area contributed by atoms with Crippen molar-refractivity contribution in [1.29, 1.82) is 0 Å². The first-order valence-electron chi connectivity index (χ1n) is 8.13. The SMILES string of the molecule is Cc1sc2ncn([C@@H](C)Cn3cncn3)c(=O)c2c1-c1ccc(F)cc1. The Morgan fingerprint density at radius 1 is 1.23 bits per heavy atom. The van der Waals surface area contributed by atoms with Gasteiger partial charge in [-0.25, -0.2) is 14.4 Å². The molecule has 0 amide bonds. The van der Waals surface area contributed by atoms with Gasteiger partial charge in [0, 0.05) is 10.4 Å². The standard InChI is InChI=1S/C18H16FN5OS/c1-11(7-23-9-20-8-22-23)24-10-21-17-16(18(24)25)15(12(2)26-17)13-3-5-14(19)6-4-13/h3-6,8-11H,7H2,1-2H3/t11-/m0/s1.